The van der Waals surface area contributed by atoms with Crippen molar-refractivity contribution in [3.8, 4) is 0 Å². The topological polar surface area (TPSA) is 9.23 Å². The van der Waals surface area contributed by atoms with Crippen LogP contribution < -0.4 is 0 Å². The molecule has 0 bridgehead atoms. The van der Waals surface area contributed by atoms with Crippen molar-refractivity contribution in [2.45, 2.75) is 13.0 Å². The highest BCUT2D eigenvalue weighted by Gasteiger charge is 2.02. The first-order chi connectivity index (χ1) is 5.84. The van der Waals surface area contributed by atoms with E-state index < -0.39 is 6.67 Å². The maximum atomic E-state index is 11.7. The second-order valence-corrected chi connectivity index (χ2v) is 2.61. The Morgan fingerprint density at radius 3 is 2.58 bits per heavy atom. The fraction of sp³-hybridized carbons (Fsp3) is 0.400. The van der Waals surface area contributed by atoms with Crippen molar-refractivity contribution in [3.63, 3.8) is 0 Å². The van der Waals surface area contributed by atoms with Crippen LogP contribution in [0.15, 0.2) is 30.3 Å². The van der Waals surface area contributed by atoms with Crippen molar-refractivity contribution in [1.82, 2.24) is 0 Å². The highest BCUT2D eigenvalue weighted by molar-refractivity contribution is 5.16. The third-order valence-corrected chi connectivity index (χ3v) is 1.71. The van der Waals surface area contributed by atoms with Gasteiger partial charge in [-0.3, -0.25) is 0 Å². The van der Waals surface area contributed by atoms with Gasteiger partial charge < -0.3 is 4.74 Å². The number of alkyl halides is 1. The van der Waals surface area contributed by atoms with Crippen LogP contribution in [0, 0.1) is 0 Å². The number of benzene rings is 1. The van der Waals surface area contributed by atoms with Gasteiger partial charge in [-0.15, -0.1) is 0 Å². The van der Waals surface area contributed by atoms with Gasteiger partial charge in [-0.25, -0.2) is 4.39 Å². The van der Waals surface area contributed by atoms with E-state index in [1.54, 1.807) is 0 Å². The number of ether oxygens (including phenoxy) is 1. The molecule has 0 fully saturated rings. The van der Waals surface area contributed by atoms with Crippen molar-refractivity contribution in [2.24, 2.45) is 0 Å². The Morgan fingerprint density at radius 1 is 1.33 bits per heavy atom. The highest BCUT2D eigenvalue weighted by atomic mass is 19.1. The zero-order chi connectivity index (χ0) is 8.81. The standard InChI is InChI=1S/C10H13FO/c1-9(12-8-7-11)10-5-3-2-4-6-10/h2-6,9H,7-8H2,1H3. The molecule has 66 valence electrons. The molecule has 0 saturated carbocycles. The monoisotopic (exact) mass is 168 g/mol. The van der Waals surface area contributed by atoms with E-state index in [2.05, 4.69) is 0 Å². The summed E-state index contributed by atoms with van der Waals surface area (Å²) in [5.74, 6) is 0. The van der Waals surface area contributed by atoms with Crippen molar-refractivity contribution >= 4 is 0 Å². The molecule has 1 rings (SSSR count). The van der Waals surface area contributed by atoms with Crippen LogP contribution in [-0.2, 0) is 4.74 Å². The lowest BCUT2D eigenvalue weighted by Crippen LogP contribution is -2.02. The van der Waals surface area contributed by atoms with Gasteiger partial charge in [-0.2, -0.15) is 0 Å². The zero-order valence-electron chi connectivity index (χ0n) is 7.16. The molecule has 0 heterocycles. The van der Waals surface area contributed by atoms with Gasteiger partial charge in [-0.05, 0) is 12.5 Å². The molecule has 0 spiro atoms. The Labute approximate surface area is 72.2 Å². The van der Waals surface area contributed by atoms with Gasteiger partial charge in [0.25, 0.3) is 0 Å². The fourth-order valence-electron chi connectivity index (χ4n) is 1.04. The van der Waals surface area contributed by atoms with Crippen LogP contribution in [0.5, 0.6) is 0 Å². The van der Waals surface area contributed by atoms with E-state index >= 15 is 0 Å². The third-order valence-electron chi connectivity index (χ3n) is 1.71. The first-order valence-corrected chi connectivity index (χ1v) is 4.07. The largest absolute Gasteiger partial charge is 0.371 e. The third kappa shape index (κ3) is 2.62. The fourth-order valence-corrected chi connectivity index (χ4v) is 1.04. The first-order valence-electron chi connectivity index (χ1n) is 4.07. The number of halogens is 1. The van der Waals surface area contributed by atoms with Gasteiger partial charge in [0.2, 0.25) is 0 Å². The van der Waals surface area contributed by atoms with Crippen molar-refractivity contribution in [1.29, 1.82) is 0 Å². The summed E-state index contributed by atoms with van der Waals surface area (Å²) in [7, 11) is 0. The molecule has 1 aromatic rings. The lowest BCUT2D eigenvalue weighted by atomic mass is 10.1. The van der Waals surface area contributed by atoms with Crippen LogP contribution in [0.1, 0.15) is 18.6 Å². The van der Waals surface area contributed by atoms with Gasteiger partial charge >= 0.3 is 0 Å². The minimum atomic E-state index is -0.419. The van der Waals surface area contributed by atoms with Crippen molar-refractivity contribution in [2.75, 3.05) is 13.3 Å². The summed E-state index contributed by atoms with van der Waals surface area (Å²) in [4.78, 5) is 0. The summed E-state index contributed by atoms with van der Waals surface area (Å²) in [5.41, 5.74) is 1.09. The van der Waals surface area contributed by atoms with E-state index in [-0.39, 0.29) is 12.7 Å². The second-order valence-electron chi connectivity index (χ2n) is 2.61. The molecule has 0 aliphatic rings. The molecular formula is C10H13FO. The Morgan fingerprint density at radius 2 is 2.00 bits per heavy atom. The lowest BCUT2D eigenvalue weighted by molar-refractivity contribution is 0.0558. The molecule has 0 amide bonds. The van der Waals surface area contributed by atoms with Crippen molar-refractivity contribution in [3.05, 3.63) is 35.9 Å². The Balaban J connectivity index is 2.48. The van der Waals surface area contributed by atoms with Gasteiger partial charge in [0, 0.05) is 0 Å². The summed E-state index contributed by atoms with van der Waals surface area (Å²) in [6.45, 7) is 1.68. The van der Waals surface area contributed by atoms with E-state index in [0.29, 0.717) is 0 Å². The van der Waals surface area contributed by atoms with E-state index in [0.717, 1.165) is 5.56 Å². The van der Waals surface area contributed by atoms with E-state index in [1.165, 1.54) is 0 Å². The number of hydrogen-bond donors (Lipinski definition) is 0. The quantitative estimate of drug-likeness (QED) is 0.671. The first kappa shape index (κ1) is 9.20. The molecule has 0 aliphatic carbocycles. The normalized spacial score (nSPS) is 12.8. The smallest absolute Gasteiger partial charge is 0.113 e. The van der Waals surface area contributed by atoms with E-state index in [1.807, 2.05) is 37.3 Å². The molecule has 2 heteroatoms. The molecule has 0 aromatic heterocycles. The predicted octanol–water partition coefficient (Wildman–Crippen LogP) is 2.73. The average molecular weight is 168 g/mol. The highest BCUT2D eigenvalue weighted by Crippen LogP contribution is 2.15. The number of hydrogen-bond acceptors (Lipinski definition) is 1. The average Bonchev–Trinajstić information content (AvgIpc) is 2.15. The summed E-state index contributed by atoms with van der Waals surface area (Å²) in [6, 6.07) is 9.80. The Hall–Kier alpha value is -0.890. The maximum Gasteiger partial charge on any atom is 0.113 e. The lowest BCUT2D eigenvalue weighted by Gasteiger charge is -2.11. The summed E-state index contributed by atoms with van der Waals surface area (Å²) >= 11 is 0. The van der Waals surface area contributed by atoms with E-state index in [4.69, 9.17) is 4.74 Å². The molecule has 1 atom stereocenters. The van der Waals surface area contributed by atoms with Gasteiger partial charge in [0.1, 0.15) is 6.67 Å². The summed E-state index contributed by atoms with van der Waals surface area (Å²) < 4.78 is 16.9. The zero-order valence-corrected chi connectivity index (χ0v) is 7.16. The van der Waals surface area contributed by atoms with Gasteiger partial charge in [0.05, 0.1) is 12.7 Å². The SMILES string of the molecule is CC(OCCF)c1ccccc1. The molecule has 0 aliphatic heterocycles. The molecule has 1 unspecified atom stereocenters. The maximum absolute atomic E-state index is 11.7. The Bertz CT molecular complexity index is 210. The molecule has 0 N–H and O–H groups in total. The molecule has 1 nitrogen and oxygen atoms in total. The van der Waals surface area contributed by atoms with Crippen LogP contribution in [0.2, 0.25) is 0 Å². The van der Waals surface area contributed by atoms with Crippen LogP contribution in [0.4, 0.5) is 4.39 Å². The predicted molar refractivity (Wildman–Crippen MR) is 46.8 cm³/mol. The number of rotatable bonds is 4. The van der Waals surface area contributed by atoms with Crippen LogP contribution in [0.25, 0.3) is 0 Å². The molecule has 1 aromatic carbocycles. The molecule has 12 heavy (non-hydrogen) atoms. The summed E-state index contributed by atoms with van der Waals surface area (Å²) in [6.07, 6.45) is -0.0121. The minimum absolute atomic E-state index is 0.0121. The van der Waals surface area contributed by atoms with E-state index in [9.17, 15) is 4.39 Å². The van der Waals surface area contributed by atoms with Crippen LogP contribution >= 0.6 is 0 Å². The molecular weight excluding hydrogens is 155 g/mol. The van der Waals surface area contributed by atoms with Gasteiger partial charge in [0.15, 0.2) is 0 Å². The van der Waals surface area contributed by atoms with Crippen molar-refractivity contribution < 1.29 is 9.13 Å². The van der Waals surface area contributed by atoms with Crippen LogP contribution in [-0.4, -0.2) is 13.3 Å². The summed E-state index contributed by atoms with van der Waals surface area (Å²) in [5, 5.41) is 0. The molecule has 0 radical (unpaired) electrons. The Kier molecular flexibility index (Phi) is 3.74. The second kappa shape index (κ2) is 4.88. The van der Waals surface area contributed by atoms with Crippen LogP contribution in [0.3, 0.4) is 0 Å². The van der Waals surface area contributed by atoms with Gasteiger partial charge in [-0.1, -0.05) is 30.3 Å². The minimum Gasteiger partial charge on any atom is -0.371 e. The molecule has 0 saturated heterocycles.